The van der Waals surface area contributed by atoms with Crippen molar-refractivity contribution in [2.24, 2.45) is 5.14 Å². The first kappa shape index (κ1) is 22.5. The summed E-state index contributed by atoms with van der Waals surface area (Å²) in [6, 6.07) is 11.8. The molecule has 0 fully saturated rings. The second kappa shape index (κ2) is 8.91. The standard InChI is InChI=1S/C22H25N3O5S/c1-13-10-14(2)18-12-20(25-19(18)11-13)22(27)30-15(3)21(26)24-9-8-16-4-6-17(7-5-16)31(23,28)29/h4-7,10-12,15,25H,8-9H2,1-3H3,(H,24,26)(H2,23,28,29)/t15-/m1/s1. The van der Waals surface area contributed by atoms with Crippen molar-refractivity contribution < 1.29 is 22.7 Å². The van der Waals surface area contributed by atoms with Crippen molar-refractivity contribution in [3.05, 3.63) is 64.8 Å². The molecule has 0 aliphatic rings. The molecule has 0 saturated heterocycles. The first-order valence-corrected chi connectivity index (χ1v) is 11.3. The molecule has 0 bridgehead atoms. The highest BCUT2D eigenvalue weighted by Gasteiger charge is 2.20. The SMILES string of the molecule is Cc1cc(C)c2cc(C(=O)O[C@H](C)C(=O)NCCc3ccc(S(N)(=O)=O)cc3)[nH]c2c1. The lowest BCUT2D eigenvalue weighted by atomic mass is 10.1. The van der Waals surface area contributed by atoms with E-state index in [1.165, 1.54) is 19.1 Å². The Kier molecular flexibility index (Phi) is 6.47. The van der Waals surface area contributed by atoms with E-state index in [2.05, 4.69) is 10.3 Å². The first-order valence-electron chi connectivity index (χ1n) is 9.75. The van der Waals surface area contributed by atoms with Crippen LogP contribution in [0, 0.1) is 13.8 Å². The summed E-state index contributed by atoms with van der Waals surface area (Å²) >= 11 is 0. The number of amides is 1. The number of hydrogen-bond acceptors (Lipinski definition) is 5. The van der Waals surface area contributed by atoms with Crippen molar-refractivity contribution in [2.45, 2.75) is 38.2 Å². The van der Waals surface area contributed by atoms with Gasteiger partial charge in [-0.2, -0.15) is 0 Å². The number of nitrogens with two attached hydrogens (primary N) is 1. The number of carbonyl (C=O) groups is 2. The number of carbonyl (C=O) groups excluding carboxylic acids is 2. The lowest BCUT2D eigenvalue weighted by Gasteiger charge is -2.13. The summed E-state index contributed by atoms with van der Waals surface area (Å²) in [5.41, 5.74) is 4.10. The maximum atomic E-state index is 12.4. The molecule has 4 N–H and O–H groups in total. The van der Waals surface area contributed by atoms with E-state index in [-0.39, 0.29) is 4.90 Å². The van der Waals surface area contributed by atoms with E-state index in [1.54, 1.807) is 18.2 Å². The zero-order chi connectivity index (χ0) is 22.8. The van der Waals surface area contributed by atoms with Gasteiger partial charge >= 0.3 is 5.97 Å². The van der Waals surface area contributed by atoms with Crippen LogP contribution in [-0.2, 0) is 26.0 Å². The predicted molar refractivity (Wildman–Crippen MR) is 117 cm³/mol. The molecule has 1 heterocycles. The lowest BCUT2D eigenvalue weighted by molar-refractivity contribution is -0.129. The molecule has 3 aromatic rings. The van der Waals surface area contributed by atoms with Gasteiger partial charge in [-0.05, 0) is 68.1 Å². The van der Waals surface area contributed by atoms with Crippen LogP contribution in [-0.4, -0.2) is 37.9 Å². The van der Waals surface area contributed by atoms with Gasteiger partial charge in [0.05, 0.1) is 4.90 Å². The minimum atomic E-state index is -3.73. The van der Waals surface area contributed by atoms with Crippen LogP contribution in [0.3, 0.4) is 0 Å². The average Bonchev–Trinajstić information content (AvgIpc) is 3.12. The minimum Gasteiger partial charge on any atom is -0.448 e. The Balaban J connectivity index is 1.53. The van der Waals surface area contributed by atoms with E-state index in [0.717, 1.165) is 27.6 Å². The number of fused-ring (bicyclic) bond motifs is 1. The zero-order valence-electron chi connectivity index (χ0n) is 17.6. The highest BCUT2D eigenvalue weighted by molar-refractivity contribution is 7.89. The van der Waals surface area contributed by atoms with Crippen LogP contribution in [0.2, 0.25) is 0 Å². The molecule has 2 aromatic carbocycles. The Morgan fingerprint density at radius 1 is 1.13 bits per heavy atom. The van der Waals surface area contributed by atoms with Crippen molar-refractivity contribution >= 4 is 32.8 Å². The van der Waals surface area contributed by atoms with Crippen LogP contribution in [0.1, 0.15) is 34.1 Å². The molecule has 0 spiro atoms. The number of rotatable bonds is 7. The fourth-order valence-electron chi connectivity index (χ4n) is 3.31. The third-order valence-electron chi connectivity index (χ3n) is 4.93. The van der Waals surface area contributed by atoms with Crippen LogP contribution in [0.25, 0.3) is 10.9 Å². The molecule has 0 radical (unpaired) electrons. The first-order chi connectivity index (χ1) is 14.5. The van der Waals surface area contributed by atoms with Gasteiger partial charge in [0.1, 0.15) is 5.69 Å². The number of benzene rings is 2. The maximum Gasteiger partial charge on any atom is 0.355 e. The summed E-state index contributed by atoms with van der Waals surface area (Å²) < 4.78 is 27.8. The molecule has 8 nitrogen and oxygen atoms in total. The van der Waals surface area contributed by atoms with Gasteiger partial charge in [0.2, 0.25) is 10.0 Å². The van der Waals surface area contributed by atoms with E-state index in [9.17, 15) is 18.0 Å². The molecule has 0 aliphatic carbocycles. The maximum absolute atomic E-state index is 12.4. The molecule has 1 atom stereocenters. The van der Waals surface area contributed by atoms with Gasteiger partial charge in [-0.25, -0.2) is 18.4 Å². The summed E-state index contributed by atoms with van der Waals surface area (Å²) in [5, 5.41) is 8.71. The Hall–Kier alpha value is -3.17. The van der Waals surface area contributed by atoms with Crippen LogP contribution in [0.5, 0.6) is 0 Å². The average molecular weight is 444 g/mol. The summed E-state index contributed by atoms with van der Waals surface area (Å²) in [6.45, 7) is 5.76. The number of nitrogens with one attached hydrogen (secondary N) is 2. The number of hydrogen-bond donors (Lipinski definition) is 3. The number of aryl methyl sites for hydroxylation is 2. The summed E-state index contributed by atoms with van der Waals surface area (Å²) in [7, 11) is -3.73. The Morgan fingerprint density at radius 3 is 2.45 bits per heavy atom. The molecular weight excluding hydrogens is 418 g/mol. The third-order valence-corrected chi connectivity index (χ3v) is 5.86. The number of aromatic nitrogens is 1. The topological polar surface area (TPSA) is 131 Å². The Bertz CT molecular complexity index is 1230. The van der Waals surface area contributed by atoms with Crippen LogP contribution < -0.4 is 10.5 Å². The van der Waals surface area contributed by atoms with E-state index < -0.39 is 28.0 Å². The van der Waals surface area contributed by atoms with Gasteiger partial charge in [0, 0.05) is 17.4 Å². The fourth-order valence-corrected chi connectivity index (χ4v) is 3.82. The van der Waals surface area contributed by atoms with Gasteiger partial charge in [0.15, 0.2) is 6.10 Å². The summed E-state index contributed by atoms with van der Waals surface area (Å²) in [6.07, 6.45) is -0.482. The monoisotopic (exact) mass is 443 g/mol. The second-order valence-corrected chi connectivity index (χ2v) is 9.07. The molecule has 1 aromatic heterocycles. The van der Waals surface area contributed by atoms with Crippen molar-refractivity contribution in [3.63, 3.8) is 0 Å². The Morgan fingerprint density at radius 2 is 1.81 bits per heavy atom. The Labute approximate surface area is 180 Å². The highest BCUT2D eigenvalue weighted by Crippen LogP contribution is 2.22. The molecule has 0 saturated carbocycles. The smallest absolute Gasteiger partial charge is 0.355 e. The van der Waals surface area contributed by atoms with E-state index >= 15 is 0 Å². The molecule has 0 unspecified atom stereocenters. The van der Waals surface area contributed by atoms with Crippen molar-refractivity contribution in [1.82, 2.24) is 10.3 Å². The van der Waals surface area contributed by atoms with Crippen LogP contribution in [0.4, 0.5) is 0 Å². The van der Waals surface area contributed by atoms with Crippen molar-refractivity contribution in [2.75, 3.05) is 6.54 Å². The molecule has 9 heteroatoms. The quantitative estimate of drug-likeness (QED) is 0.482. The van der Waals surface area contributed by atoms with Gasteiger partial charge in [-0.3, -0.25) is 4.79 Å². The number of ether oxygens (including phenoxy) is 1. The molecular formula is C22H25N3O5S. The fraction of sp³-hybridized carbons (Fsp3) is 0.273. The van der Waals surface area contributed by atoms with Crippen molar-refractivity contribution in [3.8, 4) is 0 Å². The van der Waals surface area contributed by atoms with Gasteiger partial charge < -0.3 is 15.0 Å². The summed E-state index contributed by atoms with van der Waals surface area (Å²) in [5.74, 6) is -1.02. The molecule has 164 valence electrons. The van der Waals surface area contributed by atoms with E-state index in [4.69, 9.17) is 9.88 Å². The normalized spacial score (nSPS) is 12.5. The molecule has 0 aliphatic heterocycles. The van der Waals surface area contributed by atoms with Gasteiger partial charge in [-0.15, -0.1) is 0 Å². The molecule has 3 rings (SSSR count). The van der Waals surface area contributed by atoms with E-state index in [0.29, 0.717) is 18.7 Å². The number of H-pyrrole nitrogens is 1. The van der Waals surface area contributed by atoms with Gasteiger partial charge in [-0.1, -0.05) is 18.2 Å². The number of sulfonamides is 1. The number of primary sulfonamides is 1. The van der Waals surface area contributed by atoms with Gasteiger partial charge in [0.25, 0.3) is 5.91 Å². The minimum absolute atomic E-state index is 0.0307. The summed E-state index contributed by atoms with van der Waals surface area (Å²) in [4.78, 5) is 27.8. The highest BCUT2D eigenvalue weighted by atomic mass is 32.2. The third kappa shape index (κ3) is 5.50. The number of esters is 1. The predicted octanol–water partition coefficient (Wildman–Crippen LogP) is 2.34. The second-order valence-electron chi connectivity index (χ2n) is 7.50. The molecule has 31 heavy (non-hydrogen) atoms. The van der Waals surface area contributed by atoms with Crippen LogP contribution >= 0.6 is 0 Å². The number of aromatic amines is 1. The zero-order valence-corrected chi connectivity index (χ0v) is 18.4. The largest absolute Gasteiger partial charge is 0.448 e. The lowest BCUT2D eigenvalue weighted by Crippen LogP contribution is -2.37. The molecule has 1 amide bonds. The van der Waals surface area contributed by atoms with Crippen molar-refractivity contribution in [1.29, 1.82) is 0 Å². The van der Waals surface area contributed by atoms with E-state index in [1.807, 2.05) is 26.0 Å². The van der Waals surface area contributed by atoms with Crippen LogP contribution in [0.15, 0.2) is 47.4 Å².